The summed E-state index contributed by atoms with van der Waals surface area (Å²) in [6.45, 7) is 5.53. The number of hydrogen-bond acceptors (Lipinski definition) is 2. The Hall–Kier alpha value is -1.35. The molecule has 2 rings (SSSR count). The summed E-state index contributed by atoms with van der Waals surface area (Å²) in [6, 6.07) is 10.1. The summed E-state index contributed by atoms with van der Waals surface area (Å²) < 4.78 is 0. The maximum atomic E-state index is 11.8. The third-order valence-electron chi connectivity index (χ3n) is 2.76. The van der Waals surface area contributed by atoms with Gasteiger partial charge in [0, 0.05) is 6.54 Å². The molecule has 1 N–H and O–H groups in total. The Morgan fingerprint density at radius 1 is 1.38 bits per heavy atom. The molecule has 1 heterocycles. The van der Waals surface area contributed by atoms with Crippen LogP contribution in [-0.2, 0) is 4.79 Å². The summed E-state index contributed by atoms with van der Waals surface area (Å²) in [6.07, 6.45) is 0.0519. The molecule has 0 aliphatic carbocycles. The first-order valence-electron chi connectivity index (χ1n) is 5.76. The largest absolute Gasteiger partial charge is 0.322 e. The fourth-order valence-electron chi connectivity index (χ4n) is 2.07. The molecular weight excluding hydrogens is 200 g/mol. The lowest BCUT2D eigenvalue weighted by Crippen LogP contribution is -2.33. The minimum atomic E-state index is 0.0519. The fraction of sp³-hybridized carbons (Fsp3) is 0.462. The number of benzene rings is 1. The van der Waals surface area contributed by atoms with Crippen LogP contribution in [0.15, 0.2) is 30.3 Å². The molecule has 0 saturated carbocycles. The maximum Gasteiger partial charge on any atom is 0.238 e. The molecule has 86 valence electrons. The van der Waals surface area contributed by atoms with Gasteiger partial charge in [-0.05, 0) is 11.5 Å². The highest BCUT2D eigenvalue weighted by Gasteiger charge is 2.31. The van der Waals surface area contributed by atoms with Crippen LogP contribution in [0.1, 0.15) is 25.6 Å². The zero-order chi connectivity index (χ0) is 11.5. The summed E-state index contributed by atoms with van der Waals surface area (Å²) in [5.74, 6) is 0.692. The highest BCUT2D eigenvalue weighted by atomic mass is 16.2. The van der Waals surface area contributed by atoms with Crippen molar-refractivity contribution in [2.45, 2.75) is 20.0 Å². The number of nitrogens with zero attached hydrogens (tertiary/aromatic N) is 1. The van der Waals surface area contributed by atoms with Crippen LogP contribution in [0.2, 0.25) is 0 Å². The van der Waals surface area contributed by atoms with E-state index >= 15 is 0 Å². The van der Waals surface area contributed by atoms with Crippen LogP contribution in [0.4, 0.5) is 0 Å². The molecule has 1 fully saturated rings. The Labute approximate surface area is 96.5 Å². The van der Waals surface area contributed by atoms with Gasteiger partial charge >= 0.3 is 0 Å². The number of hydrogen-bond donors (Lipinski definition) is 1. The van der Waals surface area contributed by atoms with Crippen molar-refractivity contribution in [3.05, 3.63) is 35.9 Å². The van der Waals surface area contributed by atoms with Crippen LogP contribution in [0.5, 0.6) is 0 Å². The molecule has 0 spiro atoms. The normalized spacial score (nSPS) is 20.8. The molecule has 1 saturated heterocycles. The molecule has 1 aromatic rings. The molecule has 1 atom stereocenters. The number of carbonyl (C=O) groups is 1. The van der Waals surface area contributed by atoms with Gasteiger partial charge in [-0.1, -0.05) is 44.2 Å². The number of amides is 1. The van der Waals surface area contributed by atoms with Gasteiger partial charge in [0.15, 0.2) is 0 Å². The lowest BCUT2D eigenvalue weighted by Gasteiger charge is -2.26. The van der Waals surface area contributed by atoms with Gasteiger partial charge in [-0.25, -0.2) is 0 Å². The molecule has 1 amide bonds. The quantitative estimate of drug-likeness (QED) is 0.838. The standard InChI is InChI=1S/C13H18N2O/c1-10(2)9-15-12(16)8-14-13(15)11-6-4-3-5-7-11/h3-7,10,13-14H,8-9H2,1-2H3. The van der Waals surface area contributed by atoms with Crippen molar-refractivity contribution in [1.29, 1.82) is 0 Å². The molecule has 0 aromatic heterocycles. The molecule has 1 aromatic carbocycles. The average molecular weight is 218 g/mol. The van der Waals surface area contributed by atoms with Crippen LogP contribution in [0, 0.1) is 5.92 Å². The first kappa shape index (κ1) is 11.1. The van der Waals surface area contributed by atoms with Gasteiger partial charge in [0.1, 0.15) is 6.17 Å². The second-order valence-electron chi connectivity index (χ2n) is 4.63. The highest BCUT2D eigenvalue weighted by Crippen LogP contribution is 2.22. The van der Waals surface area contributed by atoms with E-state index in [2.05, 4.69) is 31.3 Å². The summed E-state index contributed by atoms with van der Waals surface area (Å²) in [7, 11) is 0. The van der Waals surface area contributed by atoms with Crippen LogP contribution in [-0.4, -0.2) is 23.9 Å². The Kier molecular flexibility index (Phi) is 3.25. The summed E-state index contributed by atoms with van der Waals surface area (Å²) in [4.78, 5) is 13.7. The minimum absolute atomic E-state index is 0.0519. The van der Waals surface area contributed by atoms with Crippen molar-refractivity contribution in [3.63, 3.8) is 0 Å². The van der Waals surface area contributed by atoms with E-state index in [0.717, 1.165) is 12.1 Å². The van der Waals surface area contributed by atoms with Crippen molar-refractivity contribution < 1.29 is 4.79 Å². The Bertz CT molecular complexity index is 361. The topological polar surface area (TPSA) is 32.3 Å². The van der Waals surface area contributed by atoms with Crippen LogP contribution in [0.25, 0.3) is 0 Å². The van der Waals surface area contributed by atoms with Crippen molar-refractivity contribution in [3.8, 4) is 0 Å². The summed E-state index contributed by atoms with van der Waals surface area (Å²) >= 11 is 0. The third-order valence-corrected chi connectivity index (χ3v) is 2.76. The van der Waals surface area contributed by atoms with Gasteiger partial charge in [0.05, 0.1) is 6.54 Å². The molecule has 1 aliphatic rings. The van der Waals surface area contributed by atoms with E-state index in [4.69, 9.17) is 0 Å². The van der Waals surface area contributed by atoms with Gasteiger partial charge in [0.25, 0.3) is 0 Å². The van der Waals surface area contributed by atoms with Gasteiger partial charge in [0.2, 0.25) is 5.91 Å². The van der Waals surface area contributed by atoms with Crippen molar-refractivity contribution in [2.75, 3.05) is 13.1 Å². The van der Waals surface area contributed by atoms with E-state index in [9.17, 15) is 4.79 Å². The lowest BCUT2D eigenvalue weighted by molar-refractivity contribution is -0.128. The van der Waals surface area contributed by atoms with E-state index < -0.39 is 0 Å². The Morgan fingerprint density at radius 2 is 2.06 bits per heavy atom. The van der Waals surface area contributed by atoms with Crippen LogP contribution in [0.3, 0.4) is 0 Å². The zero-order valence-corrected chi connectivity index (χ0v) is 9.81. The smallest absolute Gasteiger partial charge is 0.238 e. The maximum absolute atomic E-state index is 11.8. The molecular formula is C13H18N2O. The zero-order valence-electron chi connectivity index (χ0n) is 9.81. The highest BCUT2D eigenvalue weighted by molar-refractivity contribution is 5.80. The first-order chi connectivity index (χ1) is 7.68. The van der Waals surface area contributed by atoms with E-state index in [0.29, 0.717) is 12.5 Å². The second-order valence-corrected chi connectivity index (χ2v) is 4.63. The van der Waals surface area contributed by atoms with Crippen molar-refractivity contribution >= 4 is 5.91 Å². The monoisotopic (exact) mass is 218 g/mol. The van der Waals surface area contributed by atoms with Gasteiger partial charge in [-0.15, -0.1) is 0 Å². The minimum Gasteiger partial charge on any atom is -0.322 e. The summed E-state index contributed by atoms with van der Waals surface area (Å²) in [5, 5.41) is 3.25. The second kappa shape index (κ2) is 4.66. The predicted molar refractivity (Wildman–Crippen MR) is 63.7 cm³/mol. The third kappa shape index (κ3) is 2.25. The predicted octanol–water partition coefficient (Wildman–Crippen LogP) is 1.77. The van der Waals surface area contributed by atoms with Gasteiger partial charge in [-0.2, -0.15) is 0 Å². The molecule has 3 heteroatoms. The number of nitrogens with one attached hydrogen (secondary N) is 1. The van der Waals surface area contributed by atoms with Crippen molar-refractivity contribution in [1.82, 2.24) is 10.2 Å². The van der Waals surface area contributed by atoms with E-state index in [1.807, 2.05) is 23.1 Å². The van der Waals surface area contributed by atoms with Gasteiger partial charge in [-0.3, -0.25) is 10.1 Å². The number of rotatable bonds is 3. The molecule has 0 radical (unpaired) electrons. The van der Waals surface area contributed by atoms with Gasteiger partial charge < -0.3 is 4.90 Å². The fourth-order valence-corrected chi connectivity index (χ4v) is 2.07. The average Bonchev–Trinajstić information content (AvgIpc) is 2.61. The lowest BCUT2D eigenvalue weighted by atomic mass is 10.1. The first-order valence-corrected chi connectivity index (χ1v) is 5.76. The van der Waals surface area contributed by atoms with Crippen LogP contribution >= 0.6 is 0 Å². The molecule has 16 heavy (non-hydrogen) atoms. The molecule has 1 unspecified atom stereocenters. The molecule has 0 bridgehead atoms. The number of carbonyl (C=O) groups excluding carboxylic acids is 1. The van der Waals surface area contributed by atoms with Crippen LogP contribution < -0.4 is 5.32 Å². The van der Waals surface area contributed by atoms with E-state index in [1.54, 1.807) is 0 Å². The van der Waals surface area contributed by atoms with E-state index in [-0.39, 0.29) is 12.1 Å². The summed E-state index contributed by atoms with van der Waals surface area (Å²) in [5.41, 5.74) is 1.16. The van der Waals surface area contributed by atoms with E-state index in [1.165, 1.54) is 0 Å². The SMILES string of the molecule is CC(C)CN1C(=O)CNC1c1ccccc1. The molecule has 1 aliphatic heterocycles. The molecule has 3 nitrogen and oxygen atoms in total. The Balaban J connectivity index is 2.18. The van der Waals surface area contributed by atoms with Crippen molar-refractivity contribution in [2.24, 2.45) is 5.92 Å². The Morgan fingerprint density at radius 3 is 2.69 bits per heavy atom.